The van der Waals surface area contributed by atoms with Crippen LogP contribution in [-0.4, -0.2) is 65.8 Å². The fraction of sp³-hybridized carbons (Fsp3) is 0.750. The zero-order chi connectivity index (χ0) is 10.7. The fourth-order valence-corrected chi connectivity index (χ4v) is 1.58. The minimum absolute atomic E-state index is 0.657. The second-order valence-electron chi connectivity index (χ2n) is 3.61. The molecule has 1 fully saturated rings. The van der Waals surface area contributed by atoms with Gasteiger partial charge in [-0.25, -0.2) is 0 Å². The van der Waals surface area contributed by atoms with Crippen molar-refractivity contribution in [2.24, 2.45) is 0 Å². The highest BCUT2D eigenvalue weighted by Gasteiger charge is 2.19. The molecule has 1 heterocycles. The molecule has 1 saturated heterocycles. The quantitative estimate of drug-likeness (QED) is 0.585. The third-order valence-electron chi connectivity index (χ3n) is 2.07. The normalized spacial score (nSPS) is 16.9. The lowest BCUT2D eigenvalue weighted by molar-refractivity contribution is 0.358. The molecule has 0 aromatic heterocycles. The number of rotatable bonds is 0. The molecule has 0 aromatic carbocycles. The predicted octanol–water partition coefficient (Wildman–Crippen LogP) is -0.0877. The van der Waals surface area contributed by atoms with Crippen LogP contribution >= 0.6 is 24.4 Å². The van der Waals surface area contributed by atoms with Gasteiger partial charge in [-0.2, -0.15) is 0 Å². The number of nitrogens with zero attached hydrogens (tertiary/aromatic N) is 3. The van der Waals surface area contributed by atoms with Crippen LogP contribution in [0.1, 0.15) is 0 Å². The Balaban J connectivity index is 2.39. The van der Waals surface area contributed by atoms with E-state index in [4.69, 9.17) is 24.4 Å². The van der Waals surface area contributed by atoms with E-state index in [1.54, 1.807) is 0 Å². The summed E-state index contributed by atoms with van der Waals surface area (Å²) in [5.74, 6) is 0. The predicted molar refractivity (Wildman–Crippen MR) is 66.2 cm³/mol. The summed E-state index contributed by atoms with van der Waals surface area (Å²) >= 11 is 10.3. The first kappa shape index (κ1) is 11.6. The molecule has 0 amide bonds. The van der Waals surface area contributed by atoms with E-state index in [1.807, 2.05) is 19.0 Å². The second kappa shape index (κ2) is 4.86. The van der Waals surface area contributed by atoms with E-state index in [1.165, 1.54) is 0 Å². The van der Waals surface area contributed by atoms with Gasteiger partial charge in [-0.15, -0.1) is 0 Å². The smallest absolute Gasteiger partial charge is 0.176 e. The van der Waals surface area contributed by atoms with Crippen LogP contribution in [0.25, 0.3) is 0 Å². The van der Waals surface area contributed by atoms with Gasteiger partial charge in [0.2, 0.25) is 0 Å². The molecule has 14 heavy (non-hydrogen) atoms. The summed E-state index contributed by atoms with van der Waals surface area (Å²) in [4.78, 5) is 6.15. The number of thiocarbonyl (C=S) groups is 2. The lowest BCUT2D eigenvalue weighted by Gasteiger charge is -2.22. The summed E-state index contributed by atoms with van der Waals surface area (Å²) in [5.41, 5.74) is 0. The Morgan fingerprint density at radius 2 is 1.93 bits per heavy atom. The van der Waals surface area contributed by atoms with Crippen molar-refractivity contribution < 1.29 is 0 Å². The number of likely N-dealkylation sites (N-methyl/N-ethyl adjacent to an activating group) is 1. The average Bonchev–Trinajstić information content (AvgIpc) is 2.51. The largest absolute Gasteiger partial charge is 0.355 e. The molecule has 0 bridgehead atoms. The third-order valence-corrected chi connectivity index (χ3v) is 2.90. The van der Waals surface area contributed by atoms with Crippen molar-refractivity contribution in [2.45, 2.75) is 0 Å². The molecule has 80 valence electrons. The van der Waals surface area contributed by atoms with Gasteiger partial charge < -0.3 is 15.1 Å². The molecule has 0 radical (unpaired) electrons. The first-order chi connectivity index (χ1) is 6.50. The van der Waals surface area contributed by atoms with Crippen molar-refractivity contribution in [1.82, 2.24) is 20.0 Å². The molecule has 1 rings (SSSR count). The topological polar surface area (TPSA) is 21.8 Å². The van der Waals surface area contributed by atoms with E-state index < -0.39 is 0 Å². The SMILES string of the molecule is CN1CCN(C(=S)NC(=S)N(C)C)C1. The summed E-state index contributed by atoms with van der Waals surface area (Å²) in [6.07, 6.45) is 0. The van der Waals surface area contributed by atoms with Crippen LogP contribution < -0.4 is 5.32 Å². The molecule has 0 saturated carbocycles. The monoisotopic (exact) mass is 232 g/mol. The van der Waals surface area contributed by atoms with Crippen LogP contribution in [0.5, 0.6) is 0 Å². The van der Waals surface area contributed by atoms with Crippen LogP contribution in [0, 0.1) is 0 Å². The van der Waals surface area contributed by atoms with Crippen molar-refractivity contribution >= 4 is 34.7 Å². The van der Waals surface area contributed by atoms with E-state index >= 15 is 0 Å². The fourth-order valence-electron chi connectivity index (χ4n) is 1.17. The van der Waals surface area contributed by atoms with Crippen LogP contribution in [0.4, 0.5) is 0 Å². The molecule has 0 unspecified atom stereocenters. The maximum Gasteiger partial charge on any atom is 0.176 e. The minimum Gasteiger partial charge on any atom is -0.355 e. The van der Waals surface area contributed by atoms with Gasteiger partial charge in [0.1, 0.15) is 0 Å². The Kier molecular flexibility index (Phi) is 4.03. The van der Waals surface area contributed by atoms with Gasteiger partial charge in [0.15, 0.2) is 10.2 Å². The molecule has 4 nitrogen and oxygen atoms in total. The molecule has 1 N–H and O–H groups in total. The first-order valence-corrected chi connectivity index (χ1v) is 5.28. The van der Waals surface area contributed by atoms with Crippen molar-refractivity contribution in [3.8, 4) is 0 Å². The van der Waals surface area contributed by atoms with E-state index in [0.29, 0.717) is 10.2 Å². The van der Waals surface area contributed by atoms with Crippen molar-refractivity contribution in [1.29, 1.82) is 0 Å². The summed E-state index contributed by atoms with van der Waals surface area (Å²) < 4.78 is 0. The van der Waals surface area contributed by atoms with Gasteiger partial charge in [-0.05, 0) is 31.5 Å². The molecule has 0 atom stereocenters. The van der Waals surface area contributed by atoms with Crippen molar-refractivity contribution in [3.05, 3.63) is 0 Å². The van der Waals surface area contributed by atoms with Crippen molar-refractivity contribution in [2.75, 3.05) is 40.9 Å². The Morgan fingerprint density at radius 3 is 2.36 bits per heavy atom. The lowest BCUT2D eigenvalue weighted by atomic mass is 10.6. The van der Waals surface area contributed by atoms with Crippen molar-refractivity contribution in [3.63, 3.8) is 0 Å². The van der Waals surface area contributed by atoms with Gasteiger partial charge in [0.05, 0.1) is 6.67 Å². The van der Waals surface area contributed by atoms with E-state index in [9.17, 15) is 0 Å². The molecular weight excluding hydrogens is 216 g/mol. The van der Waals surface area contributed by atoms with Gasteiger partial charge in [-0.3, -0.25) is 4.90 Å². The zero-order valence-electron chi connectivity index (χ0n) is 8.78. The summed E-state index contributed by atoms with van der Waals surface area (Å²) in [6.45, 7) is 2.90. The van der Waals surface area contributed by atoms with Gasteiger partial charge in [0.25, 0.3) is 0 Å². The average molecular weight is 232 g/mol. The van der Waals surface area contributed by atoms with Gasteiger partial charge in [-0.1, -0.05) is 0 Å². The lowest BCUT2D eigenvalue weighted by Crippen LogP contribution is -2.45. The van der Waals surface area contributed by atoms with Crippen LogP contribution in [0.15, 0.2) is 0 Å². The molecule has 1 aliphatic rings. The Morgan fingerprint density at radius 1 is 1.29 bits per heavy atom. The maximum absolute atomic E-state index is 5.24. The highest BCUT2D eigenvalue weighted by atomic mass is 32.1. The molecule has 6 heteroatoms. The number of nitrogens with one attached hydrogen (secondary N) is 1. The maximum atomic E-state index is 5.24. The molecule has 0 aliphatic carbocycles. The minimum atomic E-state index is 0.657. The first-order valence-electron chi connectivity index (χ1n) is 4.46. The third kappa shape index (κ3) is 3.04. The number of hydrogen-bond acceptors (Lipinski definition) is 3. The van der Waals surface area contributed by atoms with E-state index in [0.717, 1.165) is 19.8 Å². The highest BCUT2D eigenvalue weighted by molar-refractivity contribution is 7.81. The summed E-state index contributed by atoms with van der Waals surface area (Å²) in [7, 11) is 5.87. The van der Waals surface area contributed by atoms with Gasteiger partial charge >= 0.3 is 0 Å². The van der Waals surface area contributed by atoms with E-state index in [-0.39, 0.29) is 0 Å². The van der Waals surface area contributed by atoms with Crippen LogP contribution in [0.2, 0.25) is 0 Å². The summed E-state index contributed by atoms with van der Waals surface area (Å²) in [5, 5.41) is 4.40. The second-order valence-corrected chi connectivity index (χ2v) is 4.39. The number of hydrogen-bond donors (Lipinski definition) is 1. The highest BCUT2D eigenvalue weighted by Crippen LogP contribution is 2.02. The summed E-state index contributed by atoms with van der Waals surface area (Å²) in [6, 6.07) is 0. The van der Waals surface area contributed by atoms with Crippen LogP contribution in [0.3, 0.4) is 0 Å². The Hall–Kier alpha value is -0.460. The van der Waals surface area contributed by atoms with Crippen LogP contribution in [-0.2, 0) is 0 Å². The zero-order valence-corrected chi connectivity index (χ0v) is 10.4. The molecule has 1 aliphatic heterocycles. The Bertz CT molecular complexity index is 241. The molecule has 0 spiro atoms. The van der Waals surface area contributed by atoms with Gasteiger partial charge in [0, 0.05) is 27.2 Å². The molecular formula is C8H16N4S2. The standard InChI is InChI=1S/C8H16N4S2/c1-10(2)7(13)9-8(14)12-5-4-11(3)6-12/h4-6H2,1-3H3,(H,9,13,14). The Labute approximate surface area is 95.8 Å². The van der Waals surface area contributed by atoms with E-state index in [2.05, 4.69) is 22.2 Å². The molecule has 0 aromatic rings.